The van der Waals surface area contributed by atoms with Gasteiger partial charge in [0, 0.05) is 49.2 Å². The van der Waals surface area contributed by atoms with Crippen LogP contribution in [0.15, 0.2) is 61.1 Å². The number of nitrogens with zero attached hydrogens (tertiary/aromatic N) is 6. The second-order valence-electron chi connectivity index (χ2n) is 9.24. The topological polar surface area (TPSA) is 68.8 Å². The number of hydrogen-bond acceptors (Lipinski definition) is 4. The molecule has 1 saturated heterocycles. The van der Waals surface area contributed by atoms with E-state index in [0.29, 0.717) is 18.5 Å². The minimum Gasteiger partial charge on any atom is -0.338 e. The second-order valence-corrected chi connectivity index (χ2v) is 9.24. The Morgan fingerprint density at radius 3 is 2.64 bits per heavy atom. The summed E-state index contributed by atoms with van der Waals surface area (Å²) in [5.74, 6) is 1.87. The third-order valence-electron chi connectivity index (χ3n) is 7.14. The van der Waals surface area contributed by atoms with Crippen molar-refractivity contribution in [1.82, 2.24) is 29.2 Å². The molecule has 6 rings (SSSR count). The highest BCUT2D eigenvalue weighted by molar-refractivity contribution is 5.94. The van der Waals surface area contributed by atoms with Crippen LogP contribution >= 0.6 is 0 Å². The van der Waals surface area contributed by atoms with Gasteiger partial charge in [-0.3, -0.25) is 9.48 Å². The Balaban J connectivity index is 1.18. The van der Waals surface area contributed by atoms with E-state index in [4.69, 9.17) is 4.98 Å². The van der Waals surface area contributed by atoms with Crippen LogP contribution in [0, 0.1) is 0 Å². The lowest BCUT2D eigenvalue weighted by Crippen LogP contribution is -2.39. The van der Waals surface area contributed by atoms with E-state index in [1.807, 2.05) is 58.4 Å². The van der Waals surface area contributed by atoms with Crippen molar-refractivity contribution in [2.45, 2.75) is 50.6 Å². The van der Waals surface area contributed by atoms with Gasteiger partial charge in [0.2, 0.25) is 0 Å². The normalized spacial score (nSPS) is 17.4. The minimum absolute atomic E-state index is 0.114. The molecule has 0 radical (unpaired) electrons. The molecule has 7 heteroatoms. The molecule has 0 spiro atoms. The number of aromatic nitrogens is 5. The van der Waals surface area contributed by atoms with Gasteiger partial charge < -0.3 is 9.47 Å². The first kappa shape index (κ1) is 20.1. The summed E-state index contributed by atoms with van der Waals surface area (Å²) in [5.41, 5.74) is 3.82. The largest absolute Gasteiger partial charge is 0.338 e. The molecule has 4 aromatic rings. The lowest BCUT2D eigenvalue weighted by atomic mass is 9.84. The van der Waals surface area contributed by atoms with E-state index in [1.165, 1.54) is 25.1 Å². The van der Waals surface area contributed by atoms with Gasteiger partial charge in [0.1, 0.15) is 11.3 Å². The molecule has 1 aromatic carbocycles. The molecule has 4 heterocycles. The fourth-order valence-electron chi connectivity index (χ4n) is 5.16. The number of imidazole rings is 1. The second kappa shape index (κ2) is 8.46. The zero-order valence-electron chi connectivity index (χ0n) is 18.7. The molecule has 0 N–H and O–H groups in total. The van der Waals surface area contributed by atoms with Crippen molar-refractivity contribution >= 4 is 17.1 Å². The summed E-state index contributed by atoms with van der Waals surface area (Å²) in [4.78, 5) is 24.9. The van der Waals surface area contributed by atoms with Crippen molar-refractivity contribution in [3.63, 3.8) is 0 Å². The summed E-state index contributed by atoms with van der Waals surface area (Å²) < 4.78 is 4.27. The van der Waals surface area contributed by atoms with Crippen LogP contribution in [0.2, 0.25) is 0 Å². The fourth-order valence-corrected chi connectivity index (χ4v) is 5.16. The number of fused-ring (bicyclic) bond motifs is 1. The Morgan fingerprint density at radius 2 is 1.88 bits per heavy atom. The highest BCUT2D eigenvalue weighted by Crippen LogP contribution is 2.39. The maximum absolute atomic E-state index is 13.3. The Hall–Kier alpha value is -3.48. The van der Waals surface area contributed by atoms with E-state index in [-0.39, 0.29) is 5.91 Å². The predicted molar refractivity (Wildman–Crippen MR) is 126 cm³/mol. The van der Waals surface area contributed by atoms with E-state index >= 15 is 0 Å². The number of carbonyl (C=O) groups is 1. The van der Waals surface area contributed by atoms with Crippen molar-refractivity contribution in [1.29, 1.82) is 0 Å². The quantitative estimate of drug-likeness (QED) is 0.461. The van der Waals surface area contributed by atoms with E-state index < -0.39 is 0 Å². The standard InChI is InChI=1S/C26H28N6O/c33-26(21-8-1-5-19(17-21)18-31-14-4-13-28-31)30-15-10-22(11-16-30)32-24(20-6-2-7-20)29-23-9-3-12-27-25(23)32/h1,3-5,8-9,12-14,17,20,22H,2,6-7,10-11,15-16,18H2. The molecular weight excluding hydrogens is 412 g/mol. The van der Waals surface area contributed by atoms with Crippen molar-refractivity contribution < 1.29 is 4.79 Å². The van der Waals surface area contributed by atoms with Crippen LogP contribution in [0.4, 0.5) is 0 Å². The molecule has 0 unspecified atom stereocenters. The molecule has 1 saturated carbocycles. The Bertz CT molecular complexity index is 1270. The Labute approximate surface area is 193 Å². The van der Waals surface area contributed by atoms with Gasteiger partial charge in [0.15, 0.2) is 5.65 Å². The summed E-state index contributed by atoms with van der Waals surface area (Å²) in [6.07, 6.45) is 11.2. The van der Waals surface area contributed by atoms with Gasteiger partial charge in [-0.25, -0.2) is 9.97 Å². The molecule has 2 aliphatic rings. The van der Waals surface area contributed by atoms with Crippen LogP contribution in [0.5, 0.6) is 0 Å². The highest BCUT2D eigenvalue weighted by Gasteiger charge is 2.32. The zero-order valence-corrected chi connectivity index (χ0v) is 18.7. The number of pyridine rings is 1. The SMILES string of the molecule is O=C(c1cccc(Cn2cccn2)c1)N1CCC(n2c(C3CCC3)nc3cccnc32)CC1. The van der Waals surface area contributed by atoms with E-state index in [2.05, 4.69) is 20.7 Å². The van der Waals surface area contributed by atoms with E-state index in [0.717, 1.165) is 48.2 Å². The van der Waals surface area contributed by atoms with Crippen LogP contribution in [-0.2, 0) is 6.54 Å². The number of rotatable bonds is 5. The van der Waals surface area contributed by atoms with Crippen LogP contribution in [0.25, 0.3) is 11.2 Å². The third-order valence-corrected chi connectivity index (χ3v) is 7.14. The molecule has 0 bridgehead atoms. The summed E-state index contributed by atoms with van der Waals surface area (Å²) in [6, 6.07) is 14.2. The first-order chi connectivity index (χ1) is 16.3. The van der Waals surface area contributed by atoms with Gasteiger partial charge in [-0.1, -0.05) is 18.6 Å². The number of carbonyl (C=O) groups excluding carboxylic acids is 1. The first-order valence-corrected chi connectivity index (χ1v) is 11.9. The van der Waals surface area contributed by atoms with Crippen molar-refractivity contribution in [3.05, 3.63) is 78.0 Å². The van der Waals surface area contributed by atoms with Crippen LogP contribution in [-0.4, -0.2) is 48.2 Å². The maximum Gasteiger partial charge on any atom is 0.253 e. The van der Waals surface area contributed by atoms with Crippen molar-refractivity contribution in [2.75, 3.05) is 13.1 Å². The van der Waals surface area contributed by atoms with E-state index in [1.54, 1.807) is 6.20 Å². The van der Waals surface area contributed by atoms with Crippen molar-refractivity contribution in [2.24, 2.45) is 0 Å². The summed E-state index contributed by atoms with van der Waals surface area (Å²) >= 11 is 0. The maximum atomic E-state index is 13.3. The van der Waals surface area contributed by atoms with Gasteiger partial charge in [-0.15, -0.1) is 0 Å². The molecule has 1 amide bonds. The first-order valence-electron chi connectivity index (χ1n) is 11.9. The lowest BCUT2D eigenvalue weighted by molar-refractivity contribution is 0.0694. The van der Waals surface area contributed by atoms with Gasteiger partial charge in [-0.05, 0) is 61.6 Å². The average Bonchev–Trinajstić information content (AvgIpc) is 3.45. The molecule has 1 aliphatic heterocycles. The summed E-state index contributed by atoms with van der Waals surface area (Å²) in [7, 11) is 0. The molecule has 3 aromatic heterocycles. The predicted octanol–water partition coefficient (Wildman–Crippen LogP) is 4.42. The van der Waals surface area contributed by atoms with Gasteiger partial charge in [-0.2, -0.15) is 5.10 Å². The van der Waals surface area contributed by atoms with Gasteiger partial charge in [0.05, 0.1) is 6.54 Å². The van der Waals surface area contributed by atoms with Crippen LogP contribution in [0.1, 0.15) is 65.8 Å². The monoisotopic (exact) mass is 440 g/mol. The Morgan fingerprint density at radius 1 is 1.00 bits per heavy atom. The third kappa shape index (κ3) is 3.81. The molecule has 33 heavy (non-hydrogen) atoms. The van der Waals surface area contributed by atoms with Crippen LogP contribution < -0.4 is 0 Å². The van der Waals surface area contributed by atoms with E-state index in [9.17, 15) is 4.79 Å². The number of hydrogen-bond donors (Lipinski definition) is 0. The number of amides is 1. The smallest absolute Gasteiger partial charge is 0.253 e. The summed E-state index contributed by atoms with van der Waals surface area (Å²) in [6.45, 7) is 2.17. The summed E-state index contributed by atoms with van der Waals surface area (Å²) in [5, 5.41) is 4.27. The van der Waals surface area contributed by atoms with Crippen molar-refractivity contribution in [3.8, 4) is 0 Å². The Kier molecular flexibility index (Phi) is 5.17. The fraction of sp³-hybridized carbons (Fsp3) is 0.385. The van der Waals surface area contributed by atoms with Crippen LogP contribution in [0.3, 0.4) is 0 Å². The average molecular weight is 441 g/mol. The van der Waals surface area contributed by atoms with Gasteiger partial charge >= 0.3 is 0 Å². The molecule has 1 aliphatic carbocycles. The minimum atomic E-state index is 0.114. The highest BCUT2D eigenvalue weighted by atomic mass is 16.2. The number of piperidine rings is 1. The molecule has 0 atom stereocenters. The molecular formula is C26H28N6O. The molecule has 168 valence electrons. The number of likely N-dealkylation sites (tertiary alicyclic amines) is 1. The zero-order chi connectivity index (χ0) is 22.2. The lowest BCUT2D eigenvalue weighted by Gasteiger charge is -2.35. The van der Waals surface area contributed by atoms with Gasteiger partial charge in [0.25, 0.3) is 5.91 Å². The number of benzene rings is 1. The molecule has 7 nitrogen and oxygen atoms in total. The molecule has 2 fully saturated rings.